The van der Waals surface area contributed by atoms with Crippen molar-refractivity contribution in [2.45, 2.75) is 31.0 Å². The quantitative estimate of drug-likeness (QED) is 0.463. The highest BCUT2D eigenvalue weighted by Gasteiger charge is 2.68. The standard InChI is InChI=1S/C14H14Cl4N2O/c1-3-11(9-5-4-8(15)6-10(9)16)19-20-12(21)13(2)7-14(13,17)18/h4-6H,3,7H2,1-2H3,(H,20,21)/b19-11-/t13-/m1/s1. The minimum Gasteiger partial charge on any atom is -0.272 e. The Morgan fingerprint density at radius 1 is 1.38 bits per heavy atom. The van der Waals surface area contributed by atoms with Gasteiger partial charge in [-0.1, -0.05) is 36.2 Å². The first-order valence-corrected chi connectivity index (χ1v) is 7.92. The SMILES string of the molecule is CC/C(=N/NC(=O)[C@@]1(C)CC1(Cl)Cl)c1ccc(Cl)cc1Cl. The van der Waals surface area contributed by atoms with E-state index in [0.717, 1.165) is 5.56 Å². The van der Waals surface area contributed by atoms with Crippen LogP contribution in [0.5, 0.6) is 0 Å². The van der Waals surface area contributed by atoms with Crippen LogP contribution in [0.4, 0.5) is 0 Å². The molecule has 1 amide bonds. The molecule has 21 heavy (non-hydrogen) atoms. The molecule has 1 atom stereocenters. The third-order valence-corrected chi connectivity index (χ3v) is 5.28. The molecule has 0 aliphatic heterocycles. The van der Waals surface area contributed by atoms with E-state index in [-0.39, 0.29) is 5.91 Å². The van der Waals surface area contributed by atoms with Crippen LogP contribution in [0.25, 0.3) is 0 Å². The van der Waals surface area contributed by atoms with Crippen LogP contribution in [0.3, 0.4) is 0 Å². The molecular weight excluding hydrogens is 354 g/mol. The fraction of sp³-hybridized carbons (Fsp3) is 0.429. The number of hydrogen-bond acceptors (Lipinski definition) is 2. The number of hydrogen-bond donors (Lipinski definition) is 1. The molecule has 7 heteroatoms. The molecule has 2 rings (SSSR count). The molecular formula is C14H14Cl4N2O. The maximum atomic E-state index is 12.1. The molecule has 1 aromatic carbocycles. The molecule has 0 radical (unpaired) electrons. The number of halogens is 4. The number of alkyl halides is 2. The van der Waals surface area contributed by atoms with Gasteiger partial charge in [0, 0.05) is 10.6 Å². The van der Waals surface area contributed by atoms with Crippen molar-refractivity contribution in [3.8, 4) is 0 Å². The Bertz CT molecular complexity index is 615. The lowest BCUT2D eigenvalue weighted by Crippen LogP contribution is -2.30. The van der Waals surface area contributed by atoms with Crippen LogP contribution in [0.1, 0.15) is 32.3 Å². The van der Waals surface area contributed by atoms with E-state index < -0.39 is 9.75 Å². The normalized spacial score (nSPS) is 23.8. The zero-order chi connectivity index (χ0) is 15.8. The minimum absolute atomic E-state index is 0.302. The van der Waals surface area contributed by atoms with Crippen LogP contribution >= 0.6 is 46.4 Å². The Morgan fingerprint density at radius 2 is 2.00 bits per heavy atom. The van der Waals surface area contributed by atoms with Gasteiger partial charge in [-0.15, -0.1) is 23.2 Å². The fourth-order valence-electron chi connectivity index (χ4n) is 1.94. The van der Waals surface area contributed by atoms with Crippen molar-refractivity contribution in [1.29, 1.82) is 0 Å². The van der Waals surface area contributed by atoms with Crippen molar-refractivity contribution in [2.75, 3.05) is 0 Å². The first kappa shape index (κ1) is 16.9. The largest absolute Gasteiger partial charge is 0.272 e. The summed E-state index contributed by atoms with van der Waals surface area (Å²) in [5, 5.41) is 5.18. The highest BCUT2D eigenvalue weighted by molar-refractivity contribution is 6.53. The third-order valence-electron chi connectivity index (χ3n) is 3.63. The van der Waals surface area contributed by atoms with Crippen LogP contribution in [0, 0.1) is 5.41 Å². The van der Waals surface area contributed by atoms with Gasteiger partial charge in [0.2, 0.25) is 5.91 Å². The fourth-order valence-corrected chi connectivity index (χ4v) is 3.16. The average Bonchev–Trinajstić information content (AvgIpc) is 2.92. The van der Waals surface area contributed by atoms with Gasteiger partial charge < -0.3 is 0 Å². The first-order chi connectivity index (χ1) is 9.71. The molecule has 0 bridgehead atoms. The van der Waals surface area contributed by atoms with Crippen molar-refractivity contribution in [2.24, 2.45) is 10.5 Å². The Balaban J connectivity index is 2.17. The van der Waals surface area contributed by atoms with Gasteiger partial charge in [0.1, 0.15) is 4.33 Å². The predicted octanol–water partition coefficient (Wildman–Crippen LogP) is 4.81. The van der Waals surface area contributed by atoms with Gasteiger partial charge in [-0.05, 0) is 31.9 Å². The van der Waals surface area contributed by atoms with Gasteiger partial charge in [0.05, 0.1) is 16.1 Å². The van der Waals surface area contributed by atoms with Crippen LogP contribution < -0.4 is 5.43 Å². The molecule has 0 heterocycles. The summed E-state index contributed by atoms with van der Waals surface area (Å²) in [6, 6.07) is 5.13. The lowest BCUT2D eigenvalue weighted by molar-refractivity contribution is -0.125. The van der Waals surface area contributed by atoms with Gasteiger partial charge in [-0.2, -0.15) is 5.10 Å². The van der Waals surface area contributed by atoms with E-state index >= 15 is 0 Å². The summed E-state index contributed by atoms with van der Waals surface area (Å²) in [7, 11) is 0. The minimum atomic E-state index is -1.02. The summed E-state index contributed by atoms with van der Waals surface area (Å²) >= 11 is 24.0. The maximum absolute atomic E-state index is 12.1. The third kappa shape index (κ3) is 3.31. The predicted molar refractivity (Wildman–Crippen MR) is 88.6 cm³/mol. The Morgan fingerprint density at radius 3 is 2.48 bits per heavy atom. The number of carbonyl (C=O) groups excluding carboxylic acids is 1. The van der Waals surface area contributed by atoms with Crippen molar-refractivity contribution in [1.82, 2.24) is 5.43 Å². The summed E-state index contributed by atoms with van der Waals surface area (Å²) < 4.78 is -1.02. The zero-order valence-corrected chi connectivity index (χ0v) is 14.5. The molecule has 0 spiro atoms. The zero-order valence-electron chi connectivity index (χ0n) is 11.5. The van der Waals surface area contributed by atoms with E-state index in [1.54, 1.807) is 25.1 Å². The number of hydrazone groups is 1. The molecule has 0 unspecified atom stereocenters. The van der Waals surface area contributed by atoms with E-state index in [4.69, 9.17) is 46.4 Å². The highest BCUT2D eigenvalue weighted by Crippen LogP contribution is 2.63. The second-order valence-corrected chi connectivity index (χ2v) is 7.52. The van der Waals surface area contributed by atoms with Crippen LogP contribution in [-0.4, -0.2) is 16.0 Å². The number of nitrogens with one attached hydrogen (secondary N) is 1. The summed E-state index contributed by atoms with van der Waals surface area (Å²) in [5.41, 5.74) is 3.10. The second-order valence-electron chi connectivity index (χ2n) is 5.19. The van der Waals surface area contributed by atoms with Crippen molar-refractivity contribution >= 4 is 58.0 Å². The Labute approximate surface area is 143 Å². The van der Waals surface area contributed by atoms with Crippen LogP contribution in [0.15, 0.2) is 23.3 Å². The van der Waals surface area contributed by atoms with E-state index in [2.05, 4.69) is 10.5 Å². The summed E-state index contributed by atoms with van der Waals surface area (Å²) in [6.07, 6.45) is 1.01. The molecule has 1 aliphatic carbocycles. The molecule has 114 valence electrons. The van der Waals surface area contributed by atoms with E-state index in [9.17, 15) is 4.79 Å². The maximum Gasteiger partial charge on any atom is 0.249 e. The monoisotopic (exact) mass is 366 g/mol. The number of benzene rings is 1. The van der Waals surface area contributed by atoms with Gasteiger partial charge in [-0.3, -0.25) is 4.79 Å². The van der Waals surface area contributed by atoms with Gasteiger partial charge in [0.25, 0.3) is 0 Å². The topological polar surface area (TPSA) is 41.5 Å². The number of amides is 1. The lowest BCUT2D eigenvalue weighted by Gasteiger charge is -2.11. The van der Waals surface area contributed by atoms with Gasteiger partial charge in [0.15, 0.2) is 0 Å². The van der Waals surface area contributed by atoms with Gasteiger partial charge >= 0.3 is 0 Å². The average molecular weight is 368 g/mol. The van der Waals surface area contributed by atoms with Crippen molar-refractivity contribution < 1.29 is 4.79 Å². The molecule has 0 aromatic heterocycles. The number of rotatable bonds is 4. The summed E-state index contributed by atoms with van der Waals surface area (Å²) in [6.45, 7) is 3.63. The van der Waals surface area contributed by atoms with Gasteiger partial charge in [-0.25, -0.2) is 5.43 Å². The molecule has 1 aliphatic rings. The van der Waals surface area contributed by atoms with Crippen molar-refractivity contribution in [3.63, 3.8) is 0 Å². The number of nitrogens with zero attached hydrogens (tertiary/aromatic N) is 1. The van der Waals surface area contributed by atoms with Crippen molar-refractivity contribution in [3.05, 3.63) is 33.8 Å². The molecule has 1 saturated carbocycles. The first-order valence-electron chi connectivity index (χ1n) is 6.41. The van der Waals surface area contributed by atoms with Crippen LogP contribution in [0.2, 0.25) is 10.0 Å². The number of carbonyl (C=O) groups is 1. The Kier molecular flexibility index (Phi) is 4.79. The summed E-state index contributed by atoms with van der Waals surface area (Å²) in [5.74, 6) is -0.302. The molecule has 1 N–H and O–H groups in total. The van der Waals surface area contributed by atoms with E-state index in [1.165, 1.54) is 0 Å². The second kappa shape index (κ2) is 5.96. The lowest BCUT2D eigenvalue weighted by atomic mass is 10.1. The molecule has 1 aromatic rings. The van der Waals surface area contributed by atoms with Crippen LogP contribution in [-0.2, 0) is 4.79 Å². The smallest absolute Gasteiger partial charge is 0.249 e. The Hall–Kier alpha value is -0.480. The van der Waals surface area contributed by atoms with E-state index in [0.29, 0.717) is 28.6 Å². The molecule has 0 saturated heterocycles. The van der Waals surface area contributed by atoms with E-state index in [1.807, 2.05) is 6.92 Å². The molecule has 1 fully saturated rings. The molecule has 3 nitrogen and oxygen atoms in total. The summed E-state index contributed by atoms with van der Waals surface area (Å²) in [4.78, 5) is 12.1. The highest BCUT2D eigenvalue weighted by atomic mass is 35.5.